The number of morpholine rings is 1. The van der Waals surface area contributed by atoms with E-state index < -0.39 is 15.3 Å². The number of hydrogen-bond donors (Lipinski definition) is 0. The second kappa shape index (κ2) is 9.47. The first-order valence-electron chi connectivity index (χ1n) is 10.1. The van der Waals surface area contributed by atoms with Crippen LogP contribution in [0.1, 0.15) is 23.7 Å². The van der Waals surface area contributed by atoms with Gasteiger partial charge in [-0.1, -0.05) is 42.1 Å². The monoisotopic (exact) mass is 447 g/mol. The molecule has 0 N–H and O–H groups in total. The fourth-order valence-electron chi connectivity index (χ4n) is 3.64. The molecule has 1 aromatic carbocycles. The Morgan fingerprint density at radius 1 is 1.00 bits per heavy atom. The van der Waals surface area contributed by atoms with E-state index in [0.29, 0.717) is 31.3 Å². The third-order valence-electron chi connectivity index (χ3n) is 5.30. The molecule has 2 aliphatic heterocycles. The fourth-order valence-corrected chi connectivity index (χ4v) is 6.04. The summed E-state index contributed by atoms with van der Waals surface area (Å²) in [6.07, 6.45) is 3.45. The summed E-state index contributed by atoms with van der Waals surface area (Å²) in [5.41, 5.74) is 0.922. The summed E-state index contributed by atoms with van der Waals surface area (Å²) in [6.45, 7) is 3.06. The second-order valence-electron chi connectivity index (χ2n) is 7.29. The summed E-state index contributed by atoms with van der Waals surface area (Å²) in [5, 5.41) is 0.218. The van der Waals surface area contributed by atoms with Crippen LogP contribution in [0.25, 0.3) is 0 Å². The van der Waals surface area contributed by atoms with Crippen LogP contribution in [0.4, 0.5) is 0 Å². The highest BCUT2D eigenvalue weighted by atomic mass is 32.2. The molecule has 3 heterocycles. The van der Waals surface area contributed by atoms with Crippen LogP contribution in [0.3, 0.4) is 0 Å². The van der Waals surface area contributed by atoms with Crippen molar-refractivity contribution in [2.75, 3.05) is 39.4 Å². The van der Waals surface area contributed by atoms with Crippen molar-refractivity contribution in [3.8, 4) is 0 Å². The number of carbonyl (C=O) groups is 1. The minimum Gasteiger partial charge on any atom is -0.379 e. The van der Waals surface area contributed by atoms with Gasteiger partial charge in [0.1, 0.15) is 10.1 Å². The number of rotatable bonds is 6. The van der Waals surface area contributed by atoms with Crippen LogP contribution in [-0.4, -0.2) is 67.9 Å². The third kappa shape index (κ3) is 4.69. The van der Waals surface area contributed by atoms with E-state index in [9.17, 15) is 13.2 Å². The average molecular weight is 448 g/mol. The zero-order chi connectivity index (χ0) is 21.0. The van der Waals surface area contributed by atoms with Crippen molar-refractivity contribution in [3.05, 3.63) is 54.2 Å². The van der Waals surface area contributed by atoms with Crippen LogP contribution in [0.5, 0.6) is 0 Å². The Balaban J connectivity index is 1.54. The lowest BCUT2D eigenvalue weighted by molar-refractivity contribution is -0.129. The quantitative estimate of drug-likeness (QED) is 0.633. The van der Waals surface area contributed by atoms with Crippen LogP contribution in [-0.2, 0) is 19.6 Å². The predicted molar refractivity (Wildman–Crippen MR) is 115 cm³/mol. The average Bonchev–Trinajstić information content (AvgIpc) is 3.34. The molecule has 0 bridgehead atoms. The van der Waals surface area contributed by atoms with Gasteiger partial charge < -0.3 is 9.64 Å². The molecule has 30 heavy (non-hydrogen) atoms. The number of amides is 1. The highest BCUT2D eigenvalue weighted by Crippen LogP contribution is 2.36. The van der Waals surface area contributed by atoms with E-state index in [1.165, 1.54) is 22.3 Å². The summed E-state index contributed by atoms with van der Waals surface area (Å²) < 4.78 is 32.2. The lowest BCUT2D eigenvalue weighted by Crippen LogP contribution is -2.40. The summed E-state index contributed by atoms with van der Waals surface area (Å²) in [5.74, 6) is 0.0792. The molecular weight excluding hydrogens is 422 g/mol. The molecule has 2 aromatic rings. The molecule has 0 unspecified atom stereocenters. The van der Waals surface area contributed by atoms with Crippen LogP contribution < -0.4 is 0 Å². The first kappa shape index (κ1) is 21.3. The van der Waals surface area contributed by atoms with Gasteiger partial charge in [-0.2, -0.15) is 4.31 Å². The minimum atomic E-state index is -3.58. The van der Waals surface area contributed by atoms with E-state index in [0.717, 1.165) is 31.5 Å². The van der Waals surface area contributed by atoms with Gasteiger partial charge in [0.25, 0.3) is 0 Å². The molecule has 4 rings (SSSR count). The summed E-state index contributed by atoms with van der Waals surface area (Å²) in [7, 11) is -3.58. The zero-order valence-electron chi connectivity index (χ0n) is 16.6. The Morgan fingerprint density at radius 3 is 2.33 bits per heavy atom. The number of aromatic nitrogens is 1. The molecule has 2 fully saturated rings. The number of sulfonamides is 1. The number of hydrogen-bond acceptors (Lipinski definition) is 6. The maximum absolute atomic E-state index is 13.1. The highest BCUT2D eigenvalue weighted by Gasteiger charge is 2.30. The molecule has 2 saturated heterocycles. The van der Waals surface area contributed by atoms with Crippen molar-refractivity contribution in [2.24, 2.45) is 0 Å². The largest absolute Gasteiger partial charge is 0.379 e. The van der Waals surface area contributed by atoms with Crippen LogP contribution in [0.2, 0.25) is 0 Å². The highest BCUT2D eigenvalue weighted by molar-refractivity contribution is 8.00. The maximum Gasteiger partial charge on any atom is 0.244 e. The fraction of sp³-hybridized carbons (Fsp3) is 0.429. The van der Waals surface area contributed by atoms with Gasteiger partial charge in [0.2, 0.25) is 15.9 Å². The van der Waals surface area contributed by atoms with Crippen LogP contribution >= 0.6 is 11.8 Å². The molecule has 0 spiro atoms. The molecule has 1 amide bonds. The molecule has 160 valence electrons. The van der Waals surface area contributed by atoms with Crippen molar-refractivity contribution in [2.45, 2.75) is 28.0 Å². The van der Waals surface area contributed by atoms with E-state index in [1.54, 1.807) is 12.1 Å². The Hall–Kier alpha value is -1.94. The smallest absolute Gasteiger partial charge is 0.244 e. The van der Waals surface area contributed by atoms with Gasteiger partial charge >= 0.3 is 0 Å². The summed E-state index contributed by atoms with van der Waals surface area (Å²) in [4.78, 5) is 19.6. The molecule has 1 atom stereocenters. The first-order valence-corrected chi connectivity index (χ1v) is 12.4. The maximum atomic E-state index is 13.1. The van der Waals surface area contributed by atoms with E-state index in [2.05, 4.69) is 4.98 Å². The Labute approximate surface area is 181 Å². The standard InChI is InChI=1S/C21H25N3O4S2/c25-21(23-10-4-5-11-23)20(17-6-2-1-3-7-17)29-19-9-8-18(16-22-19)30(26,27)24-12-14-28-15-13-24/h1-3,6-9,16,20H,4-5,10-15H2/t20-/m1/s1. The molecule has 2 aliphatic rings. The summed E-state index contributed by atoms with van der Waals surface area (Å²) >= 11 is 1.36. The molecule has 0 saturated carbocycles. The Bertz CT molecular complexity index is 956. The van der Waals surface area contributed by atoms with E-state index >= 15 is 0 Å². The minimum absolute atomic E-state index is 0.0792. The lowest BCUT2D eigenvalue weighted by atomic mass is 10.1. The second-order valence-corrected chi connectivity index (χ2v) is 10.4. The molecule has 1 aromatic heterocycles. The van der Waals surface area contributed by atoms with Crippen molar-refractivity contribution >= 4 is 27.7 Å². The number of nitrogens with zero attached hydrogens (tertiary/aromatic N) is 3. The number of likely N-dealkylation sites (tertiary alicyclic amines) is 1. The van der Waals surface area contributed by atoms with Gasteiger partial charge in [-0.05, 0) is 30.5 Å². The number of thioether (sulfide) groups is 1. The first-order chi connectivity index (χ1) is 14.6. The van der Waals surface area contributed by atoms with Gasteiger partial charge in [-0.15, -0.1) is 0 Å². The number of ether oxygens (including phenoxy) is 1. The van der Waals surface area contributed by atoms with E-state index in [4.69, 9.17) is 4.74 Å². The Morgan fingerprint density at radius 2 is 1.70 bits per heavy atom. The zero-order valence-corrected chi connectivity index (χ0v) is 18.3. The molecular formula is C21H25N3O4S2. The van der Waals surface area contributed by atoms with Gasteiger partial charge in [0.15, 0.2) is 0 Å². The lowest BCUT2D eigenvalue weighted by Gasteiger charge is -2.26. The SMILES string of the molecule is O=C([C@H](Sc1ccc(S(=O)(=O)N2CCOCC2)cn1)c1ccccc1)N1CCCC1. The van der Waals surface area contributed by atoms with E-state index in [1.807, 2.05) is 35.2 Å². The van der Waals surface area contributed by atoms with E-state index in [-0.39, 0.29) is 10.8 Å². The van der Waals surface area contributed by atoms with Crippen LogP contribution in [0, 0.1) is 0 Å². The van der Waals surface area contributed by atoms with Crippen molar-refractivity contribution in [3.63, 3.8) is 0 Å². The normalized spacial score (nSPS) is 19.0. The number of pyridine rings is 1. The van der Waals surface area contributed by atoms with Gasteiger partial charge in [-0.25, -0.2) is 13.4 Å². The van der Waals surface area contributed by atoms with Crippen LogP contribution in [0.15, 0.2) is 58.6 Å². The van der Waals surface area contributed by atoms with Crippen molar-refractivity contribution in [1.82, 2.24) is 14.2 Å². The predicted octanol–water partition coefficient (Wildman–Crippen LogP) is 2.56. The molecule has 7 nitrogen and oxygen atoms in total. The third-order valence-corrected chi connectivity index (χ3v) is 8.37. The van der Waals surface area contributed by atoms with Crippen molar-refractivity contribution < 1.29 is 17.9 Å². The molecule has 9 heteroatoms. The topological polar surface area (TPSA) is 79.8 Å². The van der Waals surface area contributed by atoms with Gasteiger partial charge in [0.05, 0.1) is 18.2 Å². The Kier molecular flexibility index (Phi) is 6.72. The van der Waals surface area contributed by atoms with Crippen molar-refractivity contribution in [1.29, 1.82) is 0 Å². The van der Waals surface area contributed by atoms with Gasteiger partial charge in [0, 0.05) is 32.4 Å². The number of carbonyl (C=O) groups excluding carboxylic acids is 1. The molecule has 0 aliphatic carbocycles. The number of benzene rings is 1. The summed E-state index contributed by atoms with van der Waals surface area (Å²) in [6, 6.07) is 12.9. The molecule has 0 radical (unpaired) electrons. The van der Waals surface area contributed by atoms with Gasteiger partial charge in [-0.3, -0.25) is 4.79 Å².